The summed E-state index contributed by atoms with van der Waals surface area (Å²) in [5.74, 6) is -1.35. The fourth-order valence-electron chi connectivity index (χ4n) is 3.47. The molecule has 2 aromatic carbocycles. The predicted molar refractivity (Wildman–Crippen MR) is 93.0 cm³/mol. The van der Waals surface area contributed by atoms with Crippen molar-refractivity contribution in [2.45, 2.75) is 11.8 Å². The van der Waals surface area contributed by atoms with Crippen LogP contribution in [0.15, 0.2) is 54.6 Å². The van der Waals surface area contributed by atoms with Gasteiger partial charge in [0.2, 0.25) is 0 Å². The number of carboxylic acid groups (broad SMARTS) is 1. The zero-order chi connectivity index (χ0) is 18.0. The number of carbonyl (C=O) groups is 3. The molecule has 0 spiro atoms. The quantitative estimate of drug-likeness (QED) is 0.819. The Balaban J connectivity index is 2.02. The van der Waals surface area contributed by atoms with E-state index in [9.17, 15) is 14.4 Å². The lowest BCUT2D eigenvalue weighted by Crippen LogP contribution is -2.42. The van der Waals surface area contributed by atoms with Crippen molar-refractivity contribution in [3.8, 4) is 0 Å². The molecule has 0 aromatic heterocycles. The first-order valence-corrected chi connectivity index (χ1v) is 8.11. The van der Waals surface area contributed by atoms with Gasteiger partial charge < -0.3 is 5.11 Å². The van der Waals surface area contributed by atoms with Crippen LogP contribution < -0.4 is 0 Å². The molecule has 0 saturated heterocycles. The van der Waals surface area contributed by atoms with Crippen molar-refractivity contribution in [1.29, 1.82) is 0 Å². The number of aliphatic carboxylic acids is 1. The van der Waals surface area contributed by atoms with E-state index in [1.807, 2.05) is 18.2 Å². The third kappa shape index (κ3) is 2.87. The highest BCUT2D eigenvalue weighted by molar-refractivity contribution is 6.33. The summed E-state index contributed by atoms with van der Waals surface area (Å²) >= 11 is 0. The summed E-state index contributed by atoms with van der Waals surface area (Å²) in [6.07, 6.45) is 0.243. The van der Waals surface area contributed by atoms with Crippen LogP contribution in [0.1, 0.15) is 32.7 Å². The molecule has 1 N–H and O–H groups in total. The Hall–Kier alpha value is -2.79. The Morgan fingerprint density at radius 2 is 1.48 bits per heavy atom. The van der Waals surface area contributed by atoms with Gasteiger partial charge in [0.25, 0.3) is 0 Å². The number of fused-ring (bicyclic) bond motifs is 1. The largest absolute Gasteiger partial charge is 0.480 e. The number of carboxylic acids is 1. The summed E-state index contributed by atoms with van der Waals surface area (Å²) in [5.41, 5.74) is 0.261. The van der Waals surface area contributed by atoms with Gasteiger partial charge in [0, 0.05) is 17.7 Å². The molecule has 3 rings (SSSR count). The maximum absolute atomic E-state index is 13.2. The molecule has 0 fully saturated rings. The molecule has 1 aliphatic carbocycles. The number of nitrogens with zero attached hydrogens (tertiary/aromatic N) is 1. The van der Waals surface area contributed by atoms with Crippen molar-refractivity contribution in [1.82, 2.24) is 4.90 Å². The molecule has 2 aromatic rings. The summed E-state index contributed by atoms with van der Waals surface area (Å²) in [5, 5.41) is 8.93. The van der Waals surface area contributed by atoms with Gasteiger partial charge in [-0.15, -0.1) is 0 Å². The van der Waals surface area contributed by atoms with E-state index in [1.165, 1.54) is 0 Å². The normalized spacial score (nSPS) is 15.4. The summed E-state index contributed by atoms with van der Waals surface area (Å²) in [4.78, 5) is 38.9. The molecule has 0 saturated carbocycles. The van der Waals surface area contributed by atoms with Crippen LogP contribution in [0.5, 0.6) is 0 Å². The first-order valence-electron chi connectivity index (χ1n) is 8.11. The van der Waals surface area contributed by atoms with E-state index >= 15 is 0 Å². The highest BCUT2D eigenvalue weighted by Crippen LogP contribution is 2.42. The average molecular weight is 337 g/mol. The fourth-order valence-corrected chi connectivity index (χ4v) is 3.47. The number of hydrogen-bond acceptors (Lipinski definition) is 4. The number of hydrogen-bond donors (Lipinski definition) is 1. The zero-order valence-corrected chi connectivity index (χ0v) is 13.9. The van der Waals surface area contributed by atoms with Crippen LogP contribution in [0.3, 0.4) is 0 Å². The SMILES string of the molecule is CN(CCC1(c2ccccc2)C(=O)c2ccccc2C1=O)CC(=O)O. The molecular formula is C20H19NO4. The third-order valence-corrected chi connectivity index (χ3v) is 4.73. The molecule has 0 amide bonds. The van der Waals surface area contributed by atoms with Gasteiger partial charge in [-0.05, 0) is 19.0 Å². The smallest absolute Gasteiger partial charge is 0.317 e. The molecule has 0 unspecified atom stereocenters. The van der Waals surface area contributed by atoms with Gasteiger partial charge in [-0.1, -0.05) is 54.6 Å². The number of carbonyl (C=O) groups excluding carboxylic acids is 2. The van der Waals surface area contributed by atoms with E-state index in [0.717, 1.165) is 0 Å². The molecule has 0 bridgehead atoms. The Kier molecular flexibility index (Phi) is 4.51. The van der Waals surface area contributed by atoms with Gasteiger partial charge in [0.15, 0.2) is 11.6 Å². The van der Waals surface area contributed by atoms with Crippen molar-refractivity contribution in [3.63, 3.8) is 0 Å². The van der Waals surface area contributed by atoms with Crippen molar-refractivity contribution >= 4 is 17.5 Å². The number of ketones is 2. The van der Waals surface area contributed by atoms with Crippen LogP contribution in [0.2, 0.25) is 0 Å². The number of likely N-dealkylation sites (N-methyl/N-ethyl adjacent to an activating group) is 1. The molecule has 128 valence electrons. The van der Waals surface area contributed by atoms with Crippen molar-refractivity contribution in [2.24, 2.45) is 0 Å². The molecule has 0 heterocycles. The molecule has 0 aliphatic heterocycles. The lowest BCUT2D eigenvalue weighted by Gasteiger charge is -2.28. The maximum Gasteiger partial charge on any atom is 0.317 e. The second-order valence-corrected chi connectivity index (χ2v) is 6.36. The lowest BCUT2D eigenvalue weighted by molar-refractivity contribution is -0.138. The summed E-state index contributed by atoms with van der Waals surface area (Å²) < 4.78 is 0. The van der Waals surface area contributed by atoms with E-state index in [-0.39, 0.29) is 24.5 Å². The minimum atomic E-state index is -1.28. The fraction of sp³-hybridized carbons (Fsp3) is 0.250. The molecule has 25 heavy (non-hydrogen) atoms. The van der Waals surface area contributed by atoms with Gasteiger partial charge in [-0.25, -0.2) is 0 Å². The number of rotatable bonds is 6. The van der Waals surface area contributed by atoms with Crippen molar-refractivity contribution < 1.29 is 19.5 Å². The van der Waals surface area contributed by atoms with Crippen LogP contribution in [-0.2, 0) is 10.2 Å². The number of benzene rings is 2. The Morgan fingerprint density at radius 3 is 2.00 bits per heavy atom. The van der Waals surface area contributed by atoms with Gasteiger partial charge in [0.1, 0.15) is 5.41 Å². The van der Waals surface area contributed by atoms with Crippen LogP contribution in [0.4, 0.5) is 0 Å². The van der Waals surface area contributed by atoms with Crippen molar-refractivity contribution in [2.75, 3.05) is 20.1 Å². The maximum atomic E-state index is 13.2. The summed E-state index contributed by atoms with van der Waals surface area (Å²) in [6.45, 7) is 0.187. The van der Waals surface area contributed by atoms with E-state index in [4.69, 9.17) is 5.11 Å². The topological polar surface area (TPSA) is 74.7 Å². The van der Waals surface area contributed by atoms with E-state index in [2.05, 4.69) is 0 Å². The Labute approximate surface area is 145 Å². The predicted octanol–water partition coefficient (Wildman–Crippen LogP) is 2.41. The molecule has 5 nitrogen and oxygen atoms in total. The van der Waals surface area contributed by atoms with Crippen LogP contribution in [-0.4, -0.2) is 47.7 Å². The second kappa shape index (κ2) is 6.61. The first-order chi connectivity index (χ1) is 12.0. The van der Waals surface area contributed by atoms with E-state index in [0.29, 0.717) is 23.2 Å². The van der Waals surface area contributed by atoms with Gasteiger partial charge in [0.05, 0.1) is 6.54 Å². The van der Waals surface area contributed by atoms with Crippen LogP contribution in [0.25, 0.3) is 0 Å². The zero-order valence-electron chi connectivity index (χ0n) is 13.9. The molecular weight excluding hydrogens is 318 g/mol. The van der Waals surface area contributed by atoms with Gasteiger partial charge >= 0.3 is 5.97 Å². The molecule has 0 atom stereocenters. The first kappa shape index (κ1) is 17.0. The highest BCUT2D eigenvalue weighted by Gasteiger charge is 2.53. The molecule has 1 aliphatic rings. The Morgan fingerprint density at radius 1 is 0.960 bits per heavy atom. The standard InChI is InChI=1S/C20H19NO4/c1-21(13-17(22)23)12-11-20(14-7-3-2-4-8-14)18(24)15-9-5-6-10-16(15)19(20)25/h2-10H,11-13H2,1H3,(H,22,23). The summed E-state index contributed by atoms with van der Waals surface area (Å²) in [6, 6.07) is 15.9. The lowest BCUT2D eigenvalue weighted by atomic mass is 9.73. The average Bonchev–Trinajstić information content (AvgIpc) is 2.83. The number of Topliss-reactive ketones (excluding diaryl/α,β-unsaturated/α-hetero) is 2. The Bertz CT molecular complexity index is 794. The summed E-state index contributed by atoms with van der Waals surface area (Å²) in [7, 11) is 1.67. The van der Waals surface area contributed by atoms with E-state index in [1.54, 1.807) is 48.3 Å². The van der Waals surface area contributed by atoms with Gasteiger partial charge in [-0.2, -0.15) is 0 Å². The van der Waals surface area contributed by atoms with Crippen LogP contribution in [0, 0.1) is 0 Å². The molecule has 0 radical (unpaired) electrons. The van der Waals surface area contributed by atoms with Crippen LogP contribution >= 0.6 is 0 Å². The molecule has 5 heteroatoms. The highest BCUT2D eigenvalue weighted by atomic mass is 16.4. The monoisotopic (exact) mass is 337 g/mol. The van der Waals surface area contributed by atoms with Gasteiger partial charge in [-0.3, -0.25) is 19.3 Å². The van der Waals surface area contributed by atoms with Crippen molar-refractivity contribution in [3.05, 3.63) is 71.3 Å². The third-order valence-electron chi connectivity index (χ3n) is 4.73. The minimum absolute atomic E-state index is 0.139. The minimum Gasteiger partial charge on any atom is -0.480 e. The van der Waals surface area contributed by atoms with E-state index < -0.39 is 11.4 Å². The second-order valence-electron chi connectivity index (χ2n) is 6.36.